The molecule has 0 heterocycles. The van der Waals surface area contributed by atoms with E-state index in [1.54, 1.807) is 0 Å². The van der Waals surface area contributed by atoms with Gasteiger partial charge in [-0.3, -0.25) is 0 Å². The third kappa shape index (κ3) is 4.71. The molecule has 0 saturated heterocycles. The third-order valence-corrected chi connectivity index (χ3v) is 3.52. The maximum absolute atomic E-state index is 13.5. The number of hydrogen-bond donors (Lipinski definition) is 2. The molecule has 0 aliphatic rings. The minimum Gasteiger partial charge on any atom is -0.478 e. The molecule has 0 amide bonds. The van der Waals surface area contributed by atoms with Crippen LogP contribution < -0.4 is 0 Å². The van der Waals surface area contributed by atoms with Crippen LogP contribution in [0.5, 0.6) is 0 Å². The number of carbonyl (C=O) groups is 1. The predicted molar refractivity (Wildman–Crippen MR) is 67.4 cm³/mol. The second kappa shape index (κ2) is 7.83. The van der Waals surface area contributed by atoms with E-state index in [0.717, 1.165) is 6.92 Å². The number of carboxylic acid groups (broad SMARTS) is 1. The molecule has 3 nitrogen and oxygen atoms in total. The fourth-order valence-corrected chi connectivity index (χ4v) is 1.71. The van der Waals surface area contributed by atoms with Gasteiger partial charge < -0.3 is 10.2 Å². The van der Waals surface area contributed by atoms with Gasteiger partial charge in [-0.05, 0) is 13.3 Å². The van der Waals surface area contributed by atoms with Crippen molar-refractivity contribution < 1.29 is 72.1 Å². The van der Waals surface area contributed by atoms with Gasteiger partial charge in [0.25, 0.3) is 0 Å². The van der Waals surface area contributed by atoms with Gasteiger partial charge in [0, 0.05) is 12.0 Å². The Morgan fingerprint density at radius 2 is 1.17 bits per heavy atom. The van der Waals surface area contributed by atoms with Crippen molar-refractivity contribution in [3.8, 4) is 0 Å². The molecule has 0 saturated carbocycles. The molecule has 29 heavy (non-hydrogen) atoms. The largest absolute Gasteiger partial charge is 0.478 e. The van der Waals surface area contributed by atoms with E-state index < -0.39 is 66.3 Å². The summed E-state index contributed by atoms with van der Waals surface area (Å²) < 4.78 is 167. The number of aliphatic hydroxyl groups is 1. The van der Waals surface area contributed by atoms with Gasteiger partial charge in [-0.1, -0.05) is 6.08 Å². The maximum atomic E-state index is 13.5. The quantitative estimate of drug-likeness (QED) is 0.379. The minimum atomic E-state index is -8.00. The smallest absolute Gasteiger partial charge is 0.460 e. The van der Waals surface area contributed by atoms with Gasteiger partial charge in [-0.15, -0.1) is 0 Å². The van der Waals surface area contributed by atoms with E-state index in [9.17, 15) is 61.9 Å². The molecule has 0 bridgehead atoms. The first kappa shape index (κ1) is 27.3. The van der Waals surface area contributed by atoms with E-state index in [2.05, 4.69) is 0 Å². The van der Waals surface area contributed by atoms with Gasteiger partial charge in [-0.2, -0.15) is 57.1 Å². The fourth-order valence-electron chi connectivity index (χ4n) is 1.71. The Morgan fingerprint density at radius 3 is 1.52 bits per heavy atom. The Balaban J connectivity index is 5.93. The zero-order chi connectivity index (χ0) is 23.9. The van der Waals surface area contributed by atoms with Gasteiger partial charge in [-0.25, -0.2) is 4.79 Å². The van der Waals surface area contributed by atoms with Crippen LogP contribution in [0.3, 0.4) is 0 Å². The van der Waals surface area contributed by atoms with Gasteiger partial charge in [0.2, 0.25) is 0 Å². The summed E-state index contributed by atoms with van der Waals surface area (Å²) in [5, 5.41) is 17.6. The van der Waals surface area contributed by atoms with E-state index in [1.165, 1.54) is 0 Å². The van der Waals surface area contributed by atoms with Gasteiger partial charge in [0.05, 0.1) is 6.10 Å². The highest BCUT2D eigenvalue weighted by Crippen LogP contribution is 2.60. The lowest BCUT2D eigenvalue weighted by molar-refractivity contribution is -0.440. The molecule has 0 aromatic heterocycles. The molecule has 0 aromatic carbocycles. The lowest BCUT2D eigenvalue weighted by Gasteiger charge is -2.40. The van der Waals surface area contributed by atoms with E-state index in [0.29, 0.717) is 6.08 Å². The zero-order valence-corrected chi connectivity index (χ0v) is 13.8. The van der Waals surface area contributed by atoms with E-state index in [1.807, 2.05) is 0 Å². The van der Waals surface area contributed by atoms with E-state index in [-0.39, 0.29) is 0 Å². The standard InChI is InChI=1S/C13H11F13O3/c1-5(7(28)29)2-3-6(27)4-8(14,15)9(16,17)10(18,19)11(20,21)12(22,23)13(24,25)26/h2,6,27H,3-4H2,1H3,(H,28,29). The fraction of sp³-hybridized carbons (Fsp3) is 0.769. The lowest BCUT2D eigenvalue weighted by Crippen LogP contribution is -2.70. The van der Waals surface area contributed by atoms with Crippen molar-refractivity contribution in [1.29, 1.82) is 0 Å². The first-order chi connectivity index (χ1) is 12.5. The molecule has 0 spiro atoms. The van der Waals surface area contributed by atoms with Crippen LogP contribution in [0.1, 0.15) is 19.8 Å². The summed E-state index contributed by atoms with van der Waals surface area (Å²) >= 11 is 0. The molecular formula is C13H11F13O3. The van der Waals surface area contributed by atoms with Crippen LogP contribution in [0.15, 0.2) is 11.6 Å². The zero-order valence-electron chi connectivity index (χ0n) is 13.8. The molecule has 16 heteroatoms. The van der Waals surface area contributed by atoms with Crippen LogP contribution in [0.4, 0.5) is 57.1 Å². The van der Waals surface area contributed by atoms with Gasteiger partial charge in [0.15, 0.2) is 0 Å². The molecule has 0 rings (SSSR count). The molecule has 0 aliphatic carbocycles. The highest BCUT2D eigenvalue weighted by Gasteiger charge is 2.90. The molecule has 0 aromatic rings. The van der Waals surface area contributed by atoms with Gasteiger partial charge in [0.1, 0.15) is 0 Å². The van der Waals surface area contributed by atoms with Crippen LogP contribution in [-0.4, -0.2) is 58.1 Å². The number of aliphatic carboxylic acids is 1. The summed E-state index contributed by atoms with van der Waals surface area (Å²) in [6.07, 6.45) is -13.8. The number of halogens is 13. The molecule has 1 atom stereocenters. The van der Waals surface area contributed by atoms with Crippen LogP contribution in [0.25, 0.3) is 0 Å². The van der Waals surface area contributed by atoms with Crippen molar-refractivity contribution in [2.45, 2.75) is 61.7 Å². The Bertz CT molecular complexity index is 636. The van der Waals surface area contributed by atoms with Crippen molar-refractivity contribution in [2.24, 2.45) is 0 Å². The molecule has 172 valence electrons. The number of rotatable bonds is 9. The minimum absolute atomic E-state index is 0.450. The number of alkyl halides is 13. The van der Waals surface area contributed by atoms with Gasteiger partial charge >= 0.3 is 41.8 Å². The van der Waals surface area contributed by atoms with Crippen LogP contribution in [0.2, 0.25) is 0 Å². The average Bonchev–Trinajstić information content (AvgIpc) is 2.49. The Hall–Kier alpha value is -1.74. The molecular weight excluding hydrogens is 451 g/mol. The Kier molecular flexibility index (Phi) is 7.36. The van der Waals surface area contributed by atoms with Crippen molar-refractivity contribution >= 4 is 5.97 Å². The summed E-state index contributed by atoms with van der Waals surface area (Å²) in [6.45, 7) is 0.829. The first-order valence-corrected chi connectivity index (χ1v) is 7.01. The normalized spacial score (nSPS) is 16.7. The Morgan fingerprint density at radius 1 is 0.793 bits per heavy atom. The number of hydrogen-bond acceptors (Lipinski definition) is 2. The number of aliphatic hydroxyl groups excluding tert-OH is 1. The summed E-state index contributed by atoms with van der Waals surface area (Å²) in [7, 11) is 0. The molecule has 0 aliphatic heterocycles. The van der Waals surface area contributed by atoms with Crippen molar-refractivity contribution in [1.82, 2.24) is 0 Å². The molecule has 1 unspecified atom stereocenters. The summed E-state index contributed by atoms with van der Waals surface area (Å²) in [5.41, 5.74) is -0.638. The summed E-state index contributed by atoms with van der Waals surface area (Å²) in [4.78, 5) is 10.4. The topological polar surface area (TPSA) is 57.5 Å². The summed E-state index contributed by atoms with van der Waals surface area (Å²) in [6, 6.07) is 0. The van der Waals surface area contributed by atoms with Crippen LogP contribution in [0, 0.1) is 0 Å². The highest BCUT2D eigenvalue weighted by atomic mass is 19.4. The second-order valence-electron chi connectivity index (χ2n) is 5.79. The maximum Gasteiger partial charge on any atom is 0.460 e. The summed E-state index contributed by atoms with van der Waals surface area (Å²) in [5.74, 6) is -39.3. The Labute approximate surface area is 152 Å². The SMILES string of the molecule is CC(=CCC(O)CC(F)(F)C(F)(F)C(F)(F)C(F)(F)C(F)(F)C(F)(F)F)C(=O)O. The van der Waals surface area contributed by atoms with Crippen LogP contribution in [-0.2, 0) is 4.79 Å². The third-order valence-electron chi connectivity index (χ3n) is 3.52. The van der Waals surface area contributed by atoms with Crippen molar-refractivity contribution in [3.05, 3.63) is 11.6 Å². The van der Waals surface area contributed by atoms with E-state index >= 15 is 0 Å². The first-order valence-electron chi connectivity index (χ1n) is 7.01. The predicted octanol–water partition coefficient (Wildman–Crippen LogP) is 4.90. The van der Waals surface area contributed by atoms with Crippen molar-refractivity contribution in [2.75, 3.05) is 0 Å². The average molecular weight is 462 g/mol. The molecule has 0 radical (unpaired) electrons. The molecule has 2 N–H and O–H groups in total. The highest BCUT2D eigenvalue weighted by molar-refractivity contribution is 5.85. The number of carboxylic acids is 1. The monoisotopic (exact) mass is 462 g/mol. The second-order valence-corrected chi connectivity index (χ2v) is 5.79. The molecule has 0 fully saturated rings. The lowest BCUT2D eigenvalue weighted by atomic mass is 9.91. The van der Waals surface area contributed by atoms with Crippen LogP contribution >= 0.6 is 0 Å². The van der Waals surface area contributed by atoms with E-state index in [4.69, 9.17) is 10.2 Å². The van der Waals surface area contributed by atoms with Crippen molar-refractivity contribution in [3.63, 3.8) is 0 Å².